The van der Waals surface area contributed by atoms with Crippen LogP contribution in [0.3, 0.4) is 0 Å². The second-order valence-corrected chi connectivity index (χ2v) is 6.52. The van der Waals surface area contributed by atoms with Crippen LogP contribution in [0.15, 0.2) is 24.5 Å². The Morgan fingerprint density at radius 3 is 2.57 bits per heavy atom. The first-order valence-electron chi connectivity index (χ1n) is 8.99. The molecule has 0 amide bonds. The zero-order valence-electron chi connectivity index (χ0n) is 16.3. The number of carboxylic acid groups (broad SMARTS) is 2. The minimum absolute atomic E-state index is 0.0351. The van der Waals surface area contributed by atoms with E-state index in [-0.39, 0.29) is 36.5 Å². The first kappa shape index (κ1) is 21.6. The Bertz CT molecular complexity index is 913. The van der Waals surface area contributed by atoms with Gasteiger partial charge in [-0.1, -0.05) is 0 Å². The van der Waals surface area contributed by atoms with Gasteiger partial charge in [-0.05, 0) is 12.1 Å². The maximum Gasteiger partial charge on any atom is 0.340 e. The molecule has 4 rings (SSSR count). The molecule has 0 radical (unpaired) electrons. The zero-order valence-corrected chi connectivity index (χ0v) is 16.3. The van der Waals surface area contributed by atoms with Crippen LogP contribution >= 0.6 is 0 Å². The number of aromatic nitrogens is 2. The molecular weight excluding hydrogens is 400 g/mol. The van der Waals surface area contributed by atoms with Crippen molar-refractivity contribution in [3.05, 3.63) is 30.1 Å². The fourth-order valence-corrected chi connectivity index (χ4v) is 3.81. The fraction of sp³-hybridized carbons (Fsp3) is 0.421. The number of carboxylic acids is 1. The number of aliphatic hydroxyl groups excluding tert-OH is 1. The summed E-state index contributed by atoms with van der Waals surface area (Å²) in [4.78, 5) is 24.7. The monoisotopic (exact) mass is 422 g/mol. The third kappa shape index (κ3) is 3.70. The molecule has 0 spiro atoms. The van der Waals surface area contributed by atoms with E-state index in [1.807, 2.05) is 4.57 Å². The predicted molar refractivity (Wildman–Crippen MR) is 101 cm³/mol. The van der Waals surface area contributed by atoms with E-state index in [4.69, 9.17) is 28.8 Å². The van der Waals surface area contributed by atoms with Gasteiger partial charge in [0.15, 0.2) is 11.5 Å². The standard InChI is InChI=1S/C18H20N2O7.CH2O2/c1-24-12-4-3-9(13(18(22)23)16(12)25-2)17-19-5-6-20(17)10-7-26-15-11(21)8-27-14(10)15;2-1-3/h3-6,10-11,14-15,21H,7-8H2,1-2H3,(H,22,23);1H,(H,2,3)/t10-,11+,14+,15+;/m0./s1. The lowest BCUT2D eigenvalue weighted by molar-refractivity contribution is -0.122. The van der Waals surface area contributed by atoms with Crippen molar-refractivity contribution in [3.8, 4) is 22.9 Å². The lowest BCUT2D eigenvalue weighted by atomic mass is 10.0. The number of hydrogen-bond acceptors (Lipinski definition) is 8. The normalized spacial score (nSPS) is 24.5. The molecule has 0 unspecified atom stereocenters. The Labute approximate surface area is 171 Å². The second kappa shape index (κ2) is 9.11. The Hall–Kier alpha value is -3.15. The molecule has 3 heterocycles. The molecule has 1 aromatic carbocycles. The van der Waals surface area contributed by atoms with Crippen molar-refractivity contribution in [2.24, 2.45) is 0 Å². The van der Waals surface area contributed by atoms with Crippen LogP contribution in [0.2, 0.25) is 0 Å². The predicted octanol–water partition coefficient (Wildman–Crippen LogP) is 0.666. The summed E-state index contributed by atoms with van der Waals surface area (Å²) in [6.45, 7) is 0.304. The molecule has 2 saturated heterocycles. The summed E-state index contributed by atoms with van der Waals surface area (Å²) in [6.07, 6.45) is 1.97. The average molecular weight is 422 g/mol. The lowest BCUT2D eigenvalue weighted by Crippen LogP contribution is -2.30. The fourth-order valence-electron chi connectivity index (χ4n) is 3.81. The molecule has 1 aromatic heterocycles. The van der Waals surface area contributed by atoms with Crippen molar-refractivity contribution in [3.63, 3.8) is 0 Å². The molecule has 2 fully saturated rings. The third-order valence-corrected chi connectivity index (χ3v) is 5.03. The highest BCUT2D eigenvalue weighted by molar-refractivity contribution is 5.99. The first-order valence-corrected chi connectivity index (χ1v) is 8.99. The Kier molecular flexibility index (Phi) is 6.55. The van der Waals surface area contributed by atoms with Crippen molar-refractivity contribution < 1.29 is 43.9 Å². The van der Waals surface area contributed by atoms with Crippen molar-refractivity contribution in [1.29, 1.82) is 0 Å². The van der Waals surface area contributed by atoms with Crippen molar-refractivity contribution in [1.82, 2.24) is 9.55 Å². The largest absolute Gasteiger partial charge is 0.493 e. The number of rotatable bonds is 5. The van der Waals surface area contributed by atoms with Gasteiger partial charge < -0.3 is 38.8 Å². The van der Waals surface area contributed by atoms with Gasteiger partial charge in [-0.25, -0.2) is 9.78 Å². The molecule has 0 bridgehead atoms. The highest BCUT2D eigenvalue weighted by Crippen LogP contribution is 2.40. The Morgan fingerprint density at radius 1 is 1.23 bits per heavy atom. The van der Waals surface area contributed by atoms with E-state index in [0.29, 0.717) is 23.7 Å². The molecule has 2 aliphatic heterocycles. The van der Waals surface area contributed by atoms with Gasteiger partial charge in [0.1, 0.15) is 29.7 Å². The summed E-state index contributed by atoms with van der Waals surface area (Å²) in [5.41, 5.74) is 0.360. The molecule has 162 valence electrons. The third-order valence-electron chi connectivity index (χ3n) is 5.03. The molecule has 0 aliphatic carbocycles. The summed E-state index contributed by atoms with van der Waals surface area (Å²) in [5, 5.41) is 26.6. The highest BCUT2D eigenvalue weighted by atomic mass is 16.6. The van der Waals surface area contributed by atoms with Crippen molar-refractivity contribution in [2.45, 2.75) is 24.4 Å². The van der Waals surface area contributed by atoms with E-state index in [1.54, 1.807) is 24.5 Å². The van der Waals surface area contributed by atoms with E-state index in [2.05, 4.69) is 4.98 Å². The minimum Gasteiger partial charge on any atom is -0.493 e. The summed E-state index contributed by atoms with van der Waals surface area (Å²) in [5.74, 6) is -0.246. The number of carbonyl (C=O) groups is 2. The van der Waals surface area contributed by atoms with Crippen LogP contribution in [-0.2, 0) is 14.3 Å². The number of hydrogen-bond donors (Lipinski definition) is 3. The molecule has 2 aromatic rings. The van der Waals surface area contributed by atoms with Crippen LogP contribution in [0.1, 0.15) is 16.4 Å². The van der Waals surface area contributed by atoms with Crippen molar-refractivity contribution >= 4 is 12.4 Å². The molecule has 3 N–H and O–H groups in total. The number of nitrogens with zero attached hydrogens (tertiary/aromatic N) is 2. The van der Waals surface area contributed by atoms with Gasteiger partial charge in [0, 0.05) is 18.0 Å². The molecule has 30 heavy (non-hydrogen) atoms. The maximum atomic E-state index is 12.0. The van der Waals surface area contributed by atoms with Gasteiger partial charge in [0.2, 0.25) is 0 Å². The average Bonchev–Trinajstić information content (AvgIpc) is 3.45. The van der Waals surface area contributed by atoms with Gasteiger partial charge >= 0.3 is 5.97 Å². The van der Waals surface area contributed by atoms with E-state index in [1.165, 1.54) is 14.2 Å². The number of aromatic carboxylic acids is 1. The van der Waals surface area contributed by atoms with Crippen molar-refractivity contribution in [2.75, 3.05) is 27.4 Å². The molecule has 4 atom stereocenters. The van der Waals surface area contributed by atoms with Crippen LogP contribution in [0.4, 0.5) is 0 Å². The van der Waals surface area contributed by atoms with E-state index >= 15 is 0 Å². The molecule has 0 saturated carbocycles. The van der Waals surface area contributed by atoms with Crippen LogP contribution in [-0.4, -0.2) is 83.1 Å². The second-order valence-electron chi connectivity index (χ2n) is 6.52. The summed E-state index contributed by atoms with van der Waals surface area (Å²) in [7, 11) is 2.84. The molecular formula is C19H22N2O9. The van der Waals surface area contributed by atoms with Gasteiger partial charge in [0.25, 0.3) is 6.47 Å². The van der Waals surface area contributed by atoms with Crippen LogP contribution < -0.4 is 9.47 Å². The number of aliphatic hydroxyl groups is 1. The summed E-state index contributed by atoms with van der Waals surface area (Å²) < 4.78 is 23.7. The Morgan fingerprint density at radius 2 is 1.93 bits per heavy atom. The first-order chi connectivity index (χ1) is 14.5. The van der Waals surface area contributed by atoms with E-state index in [9.17, 15) is 15.0 Å². The number of fused-ring (bicyclic) bond motifs is 1. The summed E-state index contributed by atoms with van der Waals surface area (Å²) >= 11 is 0. The molecule has 11 nitrogen and oxygen atoms in total. The smallest absolute Gasteiger partial charge is 0.340 e. The number of imidazole rings is 1. The van der Waals surface area contributed by atoms with Gasteiger partial charge in [-0.15, -0.1) is 0 Å². The van der Waals surface area contributed by atoms with Gasteiger partial charge in [-0.3, -0.25) is 4.79 Å². The summed E-state index contributed by atoms with van der Waals surface area (Å²) in [6, 6.07) is 3.06. The number of benzene rings is 1. The number of ether oxygens (including phenoxy) is 4. The molecule has 2 aliphatic rings. The van der Waals surface area contributed by atoms with Crippen LogP contribution in [0.5, 0.6) is 11.5 Å². The lowest BCUT2D eigenvalue weighted by Gasteiger charge is -2.21. The minimum atomic E-state index is -1.15. The highest BCUT2D eigenvalue weighted by Gasteiger charge is 2.48. The maximum absolute atomic E-state index is 12.0. The SMILES string of the molecule is COc1ccc(-c2nccn2[C@H]2CO[C@H]3[C@@H]2OC[C@H]3O)c(C(=O)O)c1OC.O=CO. The van der Waals surface area contributed by atoms with Gasteiger partial charge in [-0.2, -0.15) is 0 Å². The van der Waals surface area contributed by atoms with E-state index in [0.717, 1.165) is 0 Å². The van der Waals surface area contributed by atoms with E-state index < -0.39 is 18.2 Å². The topological polar surface area (TPSA) is 150 Å². The zero-order chi connectivity index (χ0) is 21.8. The quantitative estimate of drug-likeness (QED) is 0.587. The van der Waals surface area contributed by atoms with Crippen LogP contribution in [0, 0.1) is 0 Å². The molecule has 11 heteroatoms. The van der Waals surface area contributed by atoms with Crippen LogP contribution in [0.25, 0.3) is 11.4 Å². The number of methoxy groups -OCH3 is 2. The Balaban J connectivity index is 0.000000806. The van der Waals surface area contributed by atoms with Gasteiger partial charge in [0.05, 0.1) is 33.5 Å².